The van der Waals surface area contributed by atoms with Crippen molar-refractivity contribution >= 4 is 34.5 Å². The van der Waals surface area contributed by atoms with Gasteiger partial charge in [0.25, 0.3) is 6.01 Å². The lowest BCUT2D eigenvalue weighted by Crippen LogP contribution is -2.56. The summed E-state index contributed by atoms with van der Waals surface area (Å²) in [5.74, 6) is 0. The highest BCUT2D eigenvalue weighted by Crippen LogP contribution is 2.38. The van der Waals surface area contributed by atoms with Gasteiger partial charge < -0.3 is 18.8 Å². The molecule has 3 aliphatic rings. The Morgan fingerprint density at radius 3 is 2.58 bits per heavy atom. The summed E-state index contributed by atoms with van der Waals surface area (Å²) in [6, 6.07) is 5.15. The summed E-state index contributed by atoms with van der Waals surface area (Å²) in [6.45, 7) is 11.4. The molecule has 5 heterocycles. The number of thiazole rings is 1. The van der Waals surface area contributed by atoms with Gasteiger partial charge in [-0.25, -0.2) is 9.78 Å². The van der Waals surface area contributed by atoms with Crippen molar-refractivity contribution in [1.82, 2.24) is 19.8 Å². The molecule has 0 spiro atoms. The van der Waals surface area contributed by atoms with Gasteiger partial charge in [-0.3, -0.25) is 9.80 Å². The van der Waals surface area contributed by atoms with Gasteiger partial charge in [-0.05, 0) is 51.3 Å². The molecule has 192 valence electrons. The fourth-order valence-electron chi connectivity index (χ4n) is 5.51. The molecule has 2 unspecified atom stereocenters. The Bertz CT molecular complexity index is 1220. The van der Waals surface area contributed by atoms with Crippen molar-refractivity contribution < 1.29 is 18.7 Å². The van der Waals surface area contributed by atoms with E-state index in [-0.39, 0.29) is 18.2 Å². The average Bonchev–Trinajstić information content (AvgIpc) is 3.56. The fourth-order valence-corrected chi connectivity index (χ4v) is 6.16. The van der Waals surface area contributed by atoms with Gasteiger partial charge in [0.15, 0.2) is 5.58 Å². The monoisotopic (exact) mass is 511 g/mol. The van der Waals surface area contributed by atoms with E-state index >= 15 is 0 Å². The summed E-state index contributed by atoms with van der Waals surface area (Å²) in [7, 11) is 0. The Balaban J connectivity index is 1.28. The number of benzene rings is 1. The molecule has 0 aliphatic carbocycles. The number of carbonyl (C=O) groups excluding carboxylic acids is 1. The lowest BCUT2D eigenvalue weighted by Gasteiger charge is -2.40. The molecule has 1 amide bonds. The molecular weight excluding hydrogens is 478 g/mol. The summed E-state index contributed by atoms with van der Waals surface area (Å²) >= 11 is 1.60. The highest BCUT2D eigenvalue weighted by molar-refractivity contribution is 7.13. The number of anilines is 1. The number of hydrogen-bond donors (Lipinski definition) is 0. The number of rotatable bonds is 4. The zero-order chi connectivity index (χ0) is 24.9. The molecule has 2 aromatic heterocycles. The number of amides is 1. The second-order valence-corrected chi connectivity index (χ2v) is 11.8. The molecule has 3 aromatic rings. The van der Waals surface area contributed by atoms with Crippen molar-refractivity contribution in [2.45, 2.75) is 57.8 Å². The quantitative estimate of drug-likeness (QED) is 0.511. The van der Waals surface area contributed by atoms with E-state index in [0.717, 1.165) is 67.4 Å². The van der Waals surface area contributed by atoms with Crippen LogP contribution in [-0.4, -0.2) is 82.9 Å². The van der Waals surface area contributed by atoms with E-state index in [2.05, 4.69) is 26.9 Å². The van der Waals surface area contributed by atoms with Crippen molar-refractivity contribution in [1.29, 1.82) is 0 Å². The molecule has 2 atom stereocenters. The Hall–Kier alpha value is -2.69. The minimum Gasteiger partial charge on any atom is -0.444 e. The maximum absolute atomic E-state index is 12.9. The van der Waals surface area contributed by atoms with Gasteiger partial charge in [0.2, 0.25) is 0 Å². The van der Waals surface area contributed by atoms with Crippen LogP contribution in [0.15, 0.2) is 28.1 Å². The van der Waals surface area contributed by atoms with Crippen LogP contribution in [0, 0.1) is 0 Å². The smallest absolute Gasteiger partial charge is 0.410 e. The van der Waals surface area contributed by atoms with Gasteiger partial charge >= 0.3 is 6.09 Å². The van der Waals surface area contributed by atoms with Crippen LogP contribution in [0.1, 0.15) is 39.2 Å². The number of ether oxygens (including phenoxy) is 2. The van der Waals surface area contributed by atoms with E-state index in [1.165, 1.54) is 5.56 Å². The Morgan fingerprint density at radius 1 is 1.17 bits per heavy atom. The van der Waals surface area contributed by atoms with Crippen LogP contribution < -0.4 is 4.90 Å². The second kappa shape index (κ2) is 9.32. The minimum absolute atomic E-state index is 0.101. The fraction of sp³-hybridized carbons (Fsp3) is 0.577. The number of carbonyl (C=O) groups is 1. The number of piperazine rings is 1. The molecule has 36 heavy (non-hydrogen) atoms. The Labute approximate surface area is 215 Å². The van der Waals surface area contributed by atoms with Gasteiger partial charge in [-0.1, -0.05) is 0 Å². The molecule has 9 nitrogen and oxygen atoms in total. The normalized spacial score (nSPS) is 23.0. The Kier molecular flexibility index (Phi) is 6.13. The van der Waals surface area contributed by atoms with Crippen LogP contribution in [0.5, 0.6) is 0 Å². The third-order valence-corrected chi connectivity index (χ3v) is 7.87. The highest BCUT2D eigenvalue weighted by Gasteiger charge is 2.45. The molecule has 10 heteroatoms. The van der Waals surface area contributed by atoms with Crippen LogP contribution in [0.4, 0.5) is 10.8 Å². The van der Waals surface area contributed by atoms with E-state index < -0.39 is 5.60 Å². The molecule has 6 rings (SSSR count). The van der Waals surface area contributed by atoms with Crippen LogP contribution in [0.3, 0.4) is 0 Å². The predicted molar refractivity (Wildman–Crippen MR) is 138 cm³/mol. The molecule has 0 radical (unpaired) electrons. The van der Waals surface area contributed by atoms with E-state index in [1.54, 1.807) is 11.3 Å². The first-order chi connectivity index (χ1) is 17.3. The van der Waals surface area contributed by atoms with Crippen molar-refractivity contribution in [2.24, 2.45) is 0 Å². The summed E-state index contributed by atoms with van der Waals surface area (Å²) in [5, 5.41) is 2.92. The maximum Gasteiger partial charge on any atom is 0.410 e. The van der Waals surface area contributed by atoms with Crippen molar-refractivity contribution in [3.63, 3.8) is 0 Å². The van der Waals surface area contributed by atoms with Crippen molar-refractivity contribution in [3.8, 4) is 10.6 Å². The Morgan fingerprint density at radius 2 is 1.92 bits per heavy atom. The van der Waals surface area contributed by atoms with Gasteiger partial charge in [0.05, 0.1) is 30.9 Å². The number of morpholine rings is 1. The van der Waals surface area contributed by atoms with Gasteiger partial charge in [-0.2, -0.15) is 4.98 Å². The highest BCUT2D eigenvalue weighted by atomic mass is 32.1. The third-order valence-electron chi connectivity index (χ3n) is 7.07. The van der Waals surface area contributed by atoms with Gasteiger partial charge in [-0.15, -0.1) is 11.3 Å². The topological polar surface area (TPSA) is 84.2 Å². The third kappa shape index (κ3) is 4.69. The number of fused-ring (bicyclic) bond motifs is 3. The molecule has 0 N–H and O–H groups in total. The standard InChI is InChI=1S/C26H33N5O4S/c1-26(2,3)35-25(32)31-18-4-5-19(31)16-30(15-18)24-28-21-13-17(14-29-7-9-33-10-8-29)12-20(22(21)34-24)23-27-6-11-36-23/h6,11-13,18-19H,4-5,7-10,14-16H2,1-3H3. The first-order valence-corrected chi connectivity index (χ1v) is 13.6. The number of nitrogens with zero attached hydrogens (tertiary/aromatic N) is 5. The molecule has 3 fully saturated rings. The summed E-state index contributed by atoms with van der Waals surface area (Å²) in [5.41, 5.74) is 3.30. The molecule has 0 saturated carbocycles. The van der Waals surface area contributed by atoms with Crippen LogP contribution in [0.25, 0.3) is 21.7 Å². The predicted octanol–water partition coefficient (Wildman–Crippen LogP) is 4.37. The lowest BCUT2D eigenvalue weighted by atomic mass is 10.1. The van der Waals surface area contributed by atoms with Crippen LogP contribution in [-0.2, 0) is 16.0 Å². The summed E-state index contributed by atoms with van der Waals surface area (Å²) in [4.78, 5) is 28.9. The molecule has 1 aromatic carbocycles. The van der Waals surface area contributed by atoms with E-state index in [4.69, 9.17) is 18.9 Å². The first-order valence-electron chi connectivity index (χ1n) is 12.7. The van der Waals surface area contributed by atoms with Gasteiger partial charge in [0.1, 0.15) is 16.1 Å². The van der Waals surface area contributed by atoms with Gasteiger partial charge in [0, 0.05) is 44.3 Å². The van der Waals surface area contributed by atoms with Crippen molar-refractivity contribution in [3.05, 3.63) is 29.3 Å². The SMILES string of the molecule is CC(C)(C)OC(=O)N1C2CCC1CN(c1nc3cc(CN4CCOCC4)cc(-c4nccs4)c3o1)C2. The second-order valence-electron chi connectivity index (χ2n) is 10.9. The molecule has 2 bridgehead atoms. The van der Waals surface area contributed by atoms with E-state index in [9.17, 15) is 4.79 Å². The zero-order valence-corrected chi connectivity index (χ0v) is 21.9. The van der Waals surface area contributed by atoms with Crippen LogP contribution in [0.2, 0.25) is 0 Å². The molecular formula is C26H33N5O4S. The zero-order valence-electron chi connectivity index (χ0n) is 21.1. The minimum atomic E-state index is -0.501. The maximum atomic E-state index is 12.9. The number of aromatic nitrogens is 2. The molecule has 3 saturated heterocycles. The summed E-state index contributed by atoms with van der Waals surface area (Å²) < 4.78 is 17.6. The number of hydrogen-bond acceptors (Lipinski definition) is 9. The lowest BCUT2D eigenvalue weighted by molar-refractivity contribution is 0.0120. The van der Waals surface area contributed by atoms with E-state index in [1.807, 2.05) is 37.2 Å². The number of oxazole rings is 1. The molecule has 3 aliphatic heterocycles. The largest absolute Gasteiger partial charge is 0.444 e. The van der Waals surface area contributed by atoms with Crippen LogP contribution >= 0.6 is 11.3 Å². The van der Waals surface area contributed by atoms with E-state index in [0.29, 0.717) is 19.1 Å². The first kappa shape index (κ1) is 23.7. The van der Waals surface area contributed by atoms with Crippen molar-refractivity contribution in [2.75, 3.05) is 44.3 Å². The summed E-state index contributed by atoms with van der Waals surface area (Å²) in [6.07, 6.45) is 3.54. The average molecular weight is 512 g/mol.